The van der Waals surface area contributed by atoms with Gasteiger partial charge in [0.1, 0.15) is 5.58 Å². The van der Waals surface area contributed by atoms with Crippen molar-refractivity contribution < 1.29 is 19.1 Å². The summed E-state index contributed by atoms with van der Waals surface area (Å²) in [6.45, 7) is 0. The van der Waals surface area contributed by atoms with E-state index in [-0.39, 0.29) is 28.6 Å². The van der Waals surface area contributed by atoms with Gasteiger partial charge in [0.05, 0.1) is 24.1 Å². The maximum absolute atomic E-state index is 13.0. The molecule has 1 aliphatic rings. The highest BCUT2D eigenvalue weighted by Crippen LogP contribution is 2.39. The predicted octanol–water partition coefficient (Wildman–Crippen LogP) is 2.68. The van der Waals surface area contributed by atoms with Gasteiger partial charge in [0, 0.05) is 7.05 Å². The Labute approximate surface area is 142 Å². The van der Waals surface area contributed by atoms with Crippen LogP contribution in [0, 0.1) is 0 Å². The molecule has 126 valence electrons. The Morgan fingerprint density at radius 2 is 1.92 bits per heavy atom. The van der Waals surface area contributed by atoms with Gasteiger partial charge in [-0.2, -0.15) is 0 Å². The predicted molar refractivity (Wildman–Crippen MR) is 91.1 cm³/mol. The average Bonchev–Trinajstić information content (AvgIpc) is 2.88. The minimum Gasteiger partial charge on any atom is -0.504 e. The molecular weight excluding hydrogens is 322 g/mol. The van der Waals surface area contributed by atoms with Crippen molar-refractivity contribution in [2.45, 2.75) is 6.04 Å². The number of nitrogens with zero attached hydrogens (tertiary/aromatic N) is 1. The standard InChI is InChI=1S/C19H15NO5/c1-20-16(10-7-8-12(21)14(9-10)24-2)15-17(22)11-5-3-4-6-13(11)25-18(15)19(20)23/h3-9,16,21H,1-2H3/t16-/m0/s1. The van der Waals surface area contributed by atoms with Crippen LogP contribution in [-0.2, 0) is 0 Å². The number of para-hydroxylation sites is 1. The van der Waals surface area contributed by atoms with Crippen LogP contribution < -0.4 is 10.2 Å². The number of aromatic hydroxyl groups is 1. The summed E-state index contributed by atoms with van der Waals surface area (Å²) in [6, 6.07) is 11.0. The third-order valence-electron chi connectivity index (χ3n) is 4.53. The summed E-state index contributed by atoms with van der Waals surface area (Å²) in [7, 11) is 3.06. The summed E-state index contributed by atoms with van der Waals surface area (Å²) in [5.74, 6) is -0.0286. The number of fused-ring (bicyclic) bond motifs is 2. The van der Waals surface area contributed by atoms with E-state index < -0.39 is 6.04 Å². The average molecular weight is 337 g/mol. The minimum atomic E-state index is -0.599. The highest BCUT2D eigenvalue weighted by atomic mass is 16.5. The third-order valence-corrected chi connectivity index (χ3v) is 4.53. The Balaban J connectivity index is 2.00. The molecule has 1 aliphatic heterocycles. The second-order valence-corrected chi connectivity index (χ2v) is 5.92. The van der Waals surface area contributed by atoms with Gasteiger partial charge < -0.3 is 19.2 Å². The number of ether oxygens (including phenoxy) is 1. The van der Waals surface area contributed by atoms with Crippen molar-refractivity contribution in [2.24, 2.45) is 0 Å². The number of phenolic OH excluding ortho intramolecular Hbond substituents is 1. The molecule has 0 bridgehead atoms. The van der Waals surface area contributed by atoms with Crippen LogP contribution in [0.2, 0.25) is 0 Å². The number of methoxy groups -OCH3 is 1. The van der Waals surface area contributed by atoms with E-state index in [4.69, 9.17) is 9.15 Å². The molecule has 2 heterocycles. The Hall–Kier alpha value is -3.28. The molecule has 0 fully saturated rings. The SMILES string of the molecule is COc1cc([C@H]2c3c(oc4ccccc4c3=O)C(=O)N2C)ccc1O. The molecule has 4 rings (SSSR count). The molecule has 0 radical (unpaired) electrons. The molecule has 0 saturated carbocycles. The zero-order valence-electron chi connectivity index (χ0n) is 13.6. The van der Waals surface area contributed by atoms with Crippen molar-refractivity contribution in [1.29, 1.82) is 0 Å². The maximum Gasteiger partial charge on any atom is 0.290 e. The minimum absolute atomic E-state index is 0.0102. The van der Waals surface area contributed by atoms with E-state index in [0.717, 1.165) is 0 Å². The molecule has 1 amide bonds. The van der Waals surface area contributed by atoms with Gasteiger partial charge in [-0.25, -0.2) is 0 Å². The largest absolute Gasteiger partial charge is 0.504 e. The molecule has 25 heavy (non-hydrogen) atoms. The van der Waals surface area contributed by atoms with Crippen LogP contribution in [0.5, 0.6) is 11.5 Å². The van der Waals surface area contributed by atoms with E-state index in [2.05, 4.69) is 0 Å². The van der Waals surface area contributed by atoms with Gasteiger partial charge >= 0.3 is 0 Å². The molecule has 0 unspecified atom stereocenters. The van der Waals surface area contributed by atoms with Crippen LogP contribution in [-0.4, -0.2) is 30.1 Å². The molecule has 6 heteroatoms. The molecule has 1 atom stereocenters. The smallest absolute Gasteiger partial charge is 0.290 e. The van der Waals surface area contributed by atoms with E-state index in [9.17, 15) is 14.7 Å². The first-order valence-electron chi connectivity index (χ1n) is 7.72. The molecule has 6 nitrogen and oxygen atoms in total. The quantitative estimate of drug-likeness (QED) is 0.778. The molecule has 1 aromatic heterocycles. The maximum atomic E-state index is 13.0. The van der Waals surface area contributed by atoms with Crippen LogP contribution >= 0.6 is 0 Å². The van der Waals surface area contributed by atoms with Gasteiger partial charge in [-0.15, -0.1) is 0 Å². The number of hydrogen-bond acceptors (Lipinski definition) is 5. The van der Waals surface area contributed by atoms with Crippen molar-refractivity contribution in [3.05, 3.63) is 69.6 Å². The molecule has 2 aromatic carbocycles. The van der Waals surface area contributed by atoms with E-state index in [1.807, 2.05) is 0 Å². The fourth-order valence-electron chi connectivity index (χ4n) is 3.29. The molecular formula is C19H15NO5. The fraction of sp³-hybridized carbons (Fsp3) is 0.158. The normalized spacial score (nSPS) is 16.3. The lowest BCUT2D eigenvalue weighted by Gasteiger charge is -2.21. The van der Waals surface area contributed by atoms with E-state index >= 15 is 0 Å². The van der Waals surface area contributed by atoms with Gasteiger partial charge in [-0.3, -0.25) is 9.59 Å². The van der Waals surface area contributed by atoms with Crippen LogP contribution in [0.1, 0.15) is 27.7 Å². The van der Waals surface area contributed by atoms with Crippen molar-refractivity contribution >= 4 is 16.9 Å². The zero-order valence-corrected chi connectivity index (χ0v) is 13.6. The number of phenols is 1. The highest BCUT2D eigenvalue weighted by molar-refractivity contribution is 5.98. The molecule has 0 aliphatic carbocycles. The second kappa shape index (κ2) is 5.37. The number of carbonyl (C=O) groups excluding carboxylic acids is 1. The summed E-state index contributed by atoms with van der Waals surface area (Å²) in [5, 5.41) is 10.2. The Morgan fingerprint density at radius 3 is 2.68 bits per heavy atom. The number of benzene rings is 2. The summed E-state index contributed by atoms with van der Waals surface area (Å²) >= 11 is 0. The molecule has 0 spiro atoms. The molecule has 0 saturated heterocycles. The first-order valence-corrected chi connectivity index (χ1v) is 7.72. The number of hydrogen-bond donors (Lipinski definition) is 1. The van der Waals surface area contributed by atoms with Crippen molar-refractivity contribution in [3.8, 4) is 11.5 Å². The van der Waals surface area contributed by atoms with Crippen molar-refractivity contribution in [2.75, 3.05) is 14.2 Å². The lowest BCUT2D eigenvalue weighted by molar-refractivity contribution is 0.0771. The Bertz CT molecular complexity index is 1070. The first kappa shape index (κ1) is 15.3. The van der Waals surface area contributed by atoms with E-state index in [0.29, 0.717) is 22.1 Å². The summed E-state index contributed by atoms with van der Waals surface area (Å²) in [5.41, 5.74) is 1.12. The third kappa shape index (κ3) is 2.11. The monoisotopic (exact) mass is 337 g/mol. The number of amides is 1. The van der Waals surface area contributed by atoms with Crippen molar-refractivity contribution in [1.82, 2.24) is 4.90 Å². The lowest BCUT2D eigenvalue weighted by Crippen LogP contribution is -2.25. The number of carbonyl (C=O) groups is 1. The number of rotatable bonds is 2. The first-order chi connectivity index (χ1) is 12.0. The van der Waals surface area contributed by atoms with Gasteiger partial charge in [0.15, 0.2) is 16.9 Å². The van der Waals surface area contributed by atoms with Gasteiger partial charge in [0.2, 0.25) is 5.76 Å². The Morgan fingerprint density at radius 1 is 1.16 bits per heavy atom. The summed E-state index contributed by atoms with van der Waals surface area (Å²) in [6.07, 6.45) is 0. The van der Waals surface area contributed by atoms with Gasteiger partial charge in [-0.05, 0) is 29.8 Å². The topological polar surface area (TPSA) is 80.0 Å². The summed E-state index contributed by atoms with van der Waals surface area (Å²) < 4.78 is 10.9. The van der Waals surface area contributed by atoms with Crippen LogP contribution in [0.25, 0.3) is 11.0 Å². The molecule has 1 N–H and O–H groups in total. The zero-order chi connectivity index (χ0) is 17.7. The summed E-state index contributed by atoms with van der Waals surface area (Å²) in [4.78, 5) is 27.1. The van der Waals surface area contributed by atoms with Crippen LogP contribution in [0.3, 0.4) is 0 Å². The molecule has 3 aromatic rings. The van der Waals surface area contributed by atoms with Crippen LogP contribution in [0.15, 0.2) is 51.7 Å². The van der Waals surface area contributed by atoms with Crippen LogP contribution in [0.4, 0.5) is 0 Å². The van der Waals surface area contributed by atoms with Gasteiger partial charge in [-0.1, -0.05) is 18.2 Å². The Kier molecular flexibility index (Phi) is 3.28. The van der Waals surface area contributed by atoms with Crippen molar-refractivity contribution in [3.63, 3.8) is 0 Å². The van der Waals surface area contributed by atoms with E-state index in [1.165, 1.54) is 18.1 Å². The second-order valence-electron chi connectivity index (χ2n) is 5.92. The lowest BCUT2D eigenvalue weighted by atomic mass is 9.98. The fourth-order valence-corrected chi connectivity index (χ4v) is 3.29. The van der Waals surface area contributed by atoms with Gasteiger partial charge in [0.25, 0.3) is 5.91 Å². The highest BCUT2D eigenvalue weighted by Gasteiger charge is 2.40. The van der Waals surface area contributed by atoms with E-state index in [1.54, 1.807) is 43.4 Å².